The normalized spacial score (nSPS) is 21.8. The van der Waals surface area contributed by atoms with Gasteiger partial charge < -0.3 is 14.1 Å². The number of rotatable bonds is 3. The maximum atomic E-state index is 13.3. The van der Waals surface area contributed by atoms with Gasteiger partial charge in [0.2, 0.25) is 5.76 Å². The van der Waals surface area contributed by atoms with E-state index in [2.05, 4.69) is 0 Å². The average molecular weight is 361 g/mol. The second-order valence-corrected chi connectivity index (χ2v) is 7.08. The minimum absolute atomic E-state index is 0.000933. The lowest BCUT2D eigenvalue weighted by atomic mass is 9.98. The van der Waals surface area contributed by atoms with Crippen molar-refractivity contribution in [2.75, 3.05) is 13.2 Å². The molecule has 136 valence electrons. The lowest BCUT2D eigenvalue weighted by Gasteiger charge is -2.27. The molecule has 0 N–H and O–H groups in total. The average Bonchev–Trinajstić information content (AvgIpc) is 3.31. The van der Waals surface area contributed by atoms with Crippen molar-refractivity contribution in [2.24, 2.45) is 0 Å². The van der Waals surface area contributed by atoms with Crippen LogP contribution in [0.2, 0.25) is 0 Å². The standard InChI is InChI=1S/C22H19NO4/c24-20-16-10-4-5-11-17(16)27-21-18(20)19(14-7-2-1-3-8-14)23(22(21)25)13-15-9-6-12-26-15/h1-5,7-8,10-11,15,19H,6,9,12-13H2/t15-,19-/m0/s1. The van der Waals surface area contributed by atoms with Gasteiger partial charge in [-0.05, 0) is 30.5 Å². The number of carbonyl (C=O) groups excluding carboxylic acids is 1. The first-order valence-corrected chi connectivity index (χ1v) is 9.27. The lowest BCUT2D eigenvalue weighted by Crippen LogP contribution is -2.36. The Morgan fingerprint density at radius 1 is 1.00 bits per heavy atom. The zero-order chi connectivity index (χ0) is 18.4. The molecule has 5 rings (SSSR count). The zero-order valence-electron chi connectivity index (χ0n) is 14.8. The summed E-state index contributed by atoms with van der Waals surface area (Å²) in [6.07, 6.45) is 1.92. The SMILES string of the molecule is O=C1c2oc3ccccc3c(=O)c2[C@H](c2ccccc2)N1C[C@@H]1CCCO1. The van der Waals surface area contributed by atoms with Gasteiger partial charge in [-0.15, -0.1) is 0 Å². The summed E-state index contributed by atoms with van der Waals surface area (Å²) in [5.41, 5.74) is 1.65. The molecular formula is C22H19NO4. The summed E-state index contributed by atoms with van der Waals surface area (Å²) in [5, 5.41) is 0.504. The van der Waals surface area contributed by atoms with Crippen LogP contribution in [0.25, 0.3) is 11.0 Å². The third kappa shape index (κ3) is 2.58. The third-order valence-corrected chi connectivity index (χ3v) is 5.41. The van der Waals surface area contributed by atoms with Gasteiger partial charge in [0.05, 0.1) is 23.1 Å². The third-order valence-electron chi connectivity index (χ3n) is 5.41. The molecule has 2 aliphatic heterocycles. The number of para-hydroxylation sites is 1. The molecule has 0 aliphatic carbocycles. The highest BCUT2D eigenvalue weighted by molar-refractivity contribution is 5.99. The van der Waals surface area contributed by atoms with E-state index in [-0.39, 0.29) is 23.2 Å². The van der Waals surface area contributed by atoms with Crippen LogP contribution >= 0.6 is 0 Å². The smallest absolute Gasteiger partial charge is 0.291 e. The Morgan fingerprint density at radius 3 is 2.56 bits per heavy atom. The fourth-order valence-electron chi connectivity index (χ4n) is 4.15. The molecule has 1 fully saturated rings. The first kappa shape index (κ1) is 16.3. The van der Waals surface area contributed by atoms with Crippen LogP contribution in [-0.2, 0) is 4.74 Å². The Hall–Kier alpha value is -2.92. The summed E-state index contributed by atoms with van der Waals surface area (Å²) in [5.74, 6) is -0.0808. The molecule has 2 atom stereocenters. The minimum Gasteiger partial charge on any atom is -0.450 e. The molecule has 5 nitrogen and oxygen atoms in total. The monoisotopic (exact) mass is 361 g/mol. The Morgan fingerprint density at radius 2 is 1.78 bits per heavy atom. The van der Waals surface area contributed by atoms with E-state index in [1.54, 1.807) is 23.1 Å². The Balaban J connectivity index is 1.70. The molecule has 0 unspecified atom stereocenters. The summed E-state index contributed by atoms with van der Waals surface area (Å²) in [7, 11) is 0. The highest BCUT2D eigenvalue weighted by Gasteiger charge is 2.43. The largest absolute Gasteiger partial charge is 0.450 e. The molecule has 2 aromatic carbocycles. The van der Waals surface area contributed by atoms with E-state index in [0.29, 0.717) is 23.1 Å². The van der Waals surface area contributed by atoms with Crippen molar-refractivity contribution >= 4 is 16.9 Å². The second kappa shape index (κ2) is 6.35. The van der Waals surface area contributed by atoms with E-state index in [1.165, 1.54) is 0 Å². The molecule has 1 amide bonds. The predicted octanol–water partition coefficient (Wildman–Crippen LogP) is 3.52. The number of hydrogen-bond donors (Lipinski definition) is 0. The molecule has 3 heterocycles. The Kier molecular flexibility index (Phi) is 3.83. The van der Waals surface area contributed by atoms with Crippen molar-refractivity contribution in [1.82, 2.24) is 4.90 Å². The quantitative estimate of drug-likeness (QED) is 0.716. The number of carbonyl (C=O) groups is 1. The van der Waals surface area contributed by atoms with Crippen LogP contribution in [0, 0.1) is 0 Å². The molecular weight excluding hydrogens is 342 g/mol. The van der Waals surface area contributed by atoms with Crippen LogP contribution in [0.1, 0.15) is 40.6 Å². The van der Waals surface area contributed by atoms with Crippen LogP contribution in [-0.4, -0.2) is 30.1 Å². The molecule has 2 aliphatic rings. The number of fused-ring (bicyclic) bond motifs is 2. The molecule has 0 saturated carbocycles. The minimum atomic E-state index is -0.446. The van der Waals surface area contributed by atoms with Gasteiger partial charge in [0.15, 0.2) is 5.43 Å². The highest BCUT2D eigenvalue weighted by atomic mass is 16.5. The van der Waals surface area contributed by atoms with Crippen molar-refractivity contribution in [3.63, 3.8) is 0 Å². The topological polar surface area (TPSA) is 59.8 Å². The second-order valence-electron chi connectivity index (χ2n) is 7.08. The summed E-state index contributed by atoms with van der Waals surface area (Å²) in [6, 6.07) is 16.3. The van der Waals surface area contributed by atoms with Gasteiger partial charge in [0.1, 0.15) is 5.58 Å². The van der Waals surface area contributed by atoms with Crippen LogP contribution in [0.15, 0.2) is 63.8 Å². The zero-order valence-corrected chi connectivity index (χ0v) is 14.8. The number of benzene rings is 2. The summed E-state index contributed by atoms with van der Waals surface area (Å²) in [4.78, 5) is 28.2. The molecule has 3 aromatic rings. The van der Waals surface area contributed by atoms with E-state index in [0.717, 1.165) is 25.0 Å². The molecule has 0 radical (unpaired) electrons. The molecule has 1 saturated heterocycles. The van der Waals surface area contributed by atoms with Crippen molar-refractivity contribution in [2.45, 2.75) is 25.0 Å². The highest BCUT2D eigenvalue weighted by Crippen LogP contribution is 2.38. The van der Waals surface area contributed by atoms with Crippen molar-refractivity contribution in [3.8, 4) is 0 Å². The van der Waals surface area contributed by atoms with E-state index >= 15 is 0 Å². The van der Waals surface area contributed by atoms with Gasteiger partial charge in [0, 0.05) is 13.2 Å². The van der Waals surface area contributed by atoms with E-state index in [1.807, 2.05) is 36.4 Å². The van der Waals surface area contributed by atoms with E-state index in [4.69, 9.17) is 9.15 Å². The van der Waals surface area contributed by atoms with Gasteiger partial charge in [-0.3, -0.25) is 9.59 Å². The fraction of sp³-hybridized carbons (Fsp3) is 0.273. The molecule has 27 heavy (non-hydrogen) atoms. The molecule has 5 heteroatoms. The Bertz CT molecular complexity index is 1070. The lowest BCUT2D eigenvalue weighted by molar-refractivity contribution is 0.0486. The fourth-order valence-corrected chi connectivity index (χ4v) is 4.15. The predicted molar refractivity (Wildman–Crippen MR) is 101 cm³/mol. The summed E-state index contributed by atoms with van der Waals surface area (Å²) < 4.78 is 11.7. The first-order chi connectivity index (χ1) is 13.2. The molecule has 0 bridgehead atoms. The van der Waals surface area contributed by atoms with Crippen molar-refractivity contribution < 1.29 is 13.9 Å². The number of hydrogen-bond acceptors (Lipinski definition) is 4. The van der Waals surface area contributed by atoms with Crippen molar-refractivity contribution in [1.29, 1.82) is 0 Å². The maximum Gasteiger partial charge on any atom is 0.291 e. The number of amides is 1. The van der Waals surface area contributed by atoms with Gasteiger partial charge in [-0.1, -0.05) is 42.5 Å². The maximum absolute atomic E-state index is 13.3. The molecule has 0 spiro atoms. The summed E-state index contributed by atoms with van der Waals surface area (Å²) >= 11 is 0. The Labute approximate surface area is 156 Å². The van der Waals surface area contributed by atoms with Crippen LogP contribution in [0.4, 0.5) is 0 Å². The van der Waals surface area contributed by atoms with Gasteiger partial charge >= 0.3 is 0 Å². The van der Waals surface area contributed by atoms with Crippen molar-refractivity contribution in [3.05, 3.63) is 81.7 Å². The van der Waals surface area contributed by atoms with E-state index in [9.17, 15) is 9.59 Å². The first-order valence-electron chi connectivity index (χ1n) is 9.27. The van der Waals surface area contributed by atoms with Gasteiger partial charge in [-0.2, -0.15) is 0 Å². The number of nitrogens with zero attached hydrogens (tertiary/aromatic N) is 1. The molecule has 1 aromatic heterocycles. The van der Waals surface area contributed by atoms with Gasteiger partial charge in [0.25, 0.3) is 5.91 Å². The summed E-state index contributed by atoms with van der Waals surface area (Å²) in [6.45, 7) is 1.18. The van der Waals surface area contributed by atoms with E-state index < -0.39 is 6.04 Å². The number of ether oxygens (including phenoxy) is 1. The van der Waals surface area contributed by atoms with Crippen LogP contribution in [0.3, 0.4) is 0 Å². The van der Waals surface area contributed by atoms with Gasteiger partial charge in [-0.25, -0.2) is 0 Å². The van der Waals surface area contributed by atoms with Crippen LogP contribution in [0.5, 0.6) is 0 Å². The van der Waals surface area contributed by atoms with Crippen LogP contribution < -0.4 is 5.43 Å².